The maximum absolute atomic E-state index is 13.6. The first-order valence-corrected chi connectivity index (χ1v) is 6.04. The second-order valence-corrected chi connectivity index (χ2v) is 4.14. The van der Waals surface area contributed by atoms with Gasteiger partial charge in [-0.3, -0.25) is 4.79 Å². The van der Waals surface area contributed by atoms with Crippen molar-refractivity contribution in [2.24, 2.45) is 0 Å². The van der Waals surface area contributed by atoms with Crippen LogP contribution in [-0.2, 0) is 0 Å². The third kappa shape index (κ3) is 2.82. The number of amides is 1. The van der Waals surface area contributed by atoms with Gasteiger partial charge >= 0.3 is 0 Å². The number of anilines is 2. The number of benzene rings is 2. The first kappa shape index (κ1) is 14.5. The van der Waals surface area contributed by atoms with Crippen LogP contribution in [-0.4, -0.2) is 13.0 Å². The predicted molar refractivity (Wildman–Crippen MR) is 75.0 cm³/mol. The van der Waals surface area contributed by atoms with Crippen molar-refractivity contribution in [1.82, 2.24) is 0 Å². The number of hydrogen-bond donors (Lipinski definition) is 2. The van der Waals surface area contributed by atoms with Gasteiger partial charge in [-0.05, 0) is 24.3 Å². The van der Waals surface area contributed by atoms with Gasteiger partial charge in [-0.2, -0.15) is 5.26 Å². The highest BCUT2D eigenvalue weighted by molar-refractivity contribution is 6.08. The lowest BCUT2D eigenvalue weighted by molar-refractivity contribution is 0.102. The van der Waals surface area contributed by atoms with Gasteiger partial charge in [0.15, 0.2) is 0 Å². The molecule has 2 N–H and O–H groups in total. The Morgan fingerprint density at radius 1 is 1.14 bits per heavy atom. The molecule has 1 amide bonds. The third-order valence-corrected chi connectivity index (χ3v) is 2.88. The number of carbonyl (C=O) groups is 1. The topological polar surface area (TPSA) is 64.9 Å². The summed E-state index contributed by atoms with van der Waals surface area (Å²) in [6.45, 7) is 0. The van der Waals surface area contributed by atoms with Gasteiger partial charge in [0.2, 0.25) is 0 Å². The van der Waals surface area contributed by atoms with E-state index in [-0.39, 0.29) is 22.5 Å². The van der Waals surface area contributed by atoms with E-state index >= 15 is 0 Å². The van der Waals surface area contributed by atoms with Gasteiger partial charge in [-0.25, -0.2) is 8.78 Å². The summed E-state index contributed by atoms with van der Waals surface area (Å²) < 4.78 is 27.1. The number of hydrogen-bond acceptors (Lipinski definition) is 3. The van der Waals surface area contributed by atoms with Crippen molar-refractivity contribution in [2.45, 2.75) is 0 Å². The Balaban J connectivity index is 2.38. The van der Waals surface area contributed by atoms with Crippen molar-refractivity contribution >= 4 is 17.3 Å². The SMILES string of the molecule is CNc1c(F)cccc1C(=O)Nc1cccc(F)c1C#N. The van der Waals surface area contributed by atoms with Crippen molar-refractivity contribution in [3.8, 4) is 6.07 Å². The minimum absolute atomic E-state index is 0.0323. The minimum atomic E-state index is -0.733. The fourth-order valence-electron chi connectivity index (χ4n) is 1.90. The van der Waals surface area contributed by atoms with Crippen molar-refractivity contribution in [3.05, 3.63) is 59.2 Å². The van der Waals surface area contributed by atoms with Crippen LogP contribution in [0.5, 0.6) is 0 Å². The summed E-state index contributed by atoms with van der Waals surface area (Å²) in [5.41, 5.74) is -0.141. The monoisotopic (exact) mass is 287 g/mol. The number of halogens is 2. The molecule has 2 aromatic carbocycles. The molecule has 2 aromatic rings. The second kappa shape index (κ2) is 6.01. The Kier molecular flexibility index (Phi) is 4.14. The molecule has 0 aromatic heterocycles. The van der Waals surface area contributed by atoms with Crippen molar-refractivity contribution in [1.29, 1.82) is 5.26 Å². The highest BCUT2D eigenvalue weighted by Crippen LogP contribution is 2.23. The molecule has 6 heteroatoms. The zero-order chi connectivity index (χ0) is 15.4. The molecule has 21 heavy (non-hydrogen) atoms. The average molecular weight is 287 g/mol. The molecule has 106 valence electrons. The predicted octanol–water partition coefficient (Wildman–Crippen LogP) is 3.13. The minimum Gasteiger partial charge on any atom is -0.385 e. The van der Waals surface area contributed by atoms with Gasteiger partial charge in [-0.1, -0.05) is 12.1 Å². The van der Waals surface area contributed by atoms with Crippen LogP contribution in [0, 0.1) is 23.0 Å². The quantitative estimate of drug-likeness (QED) is 0.911. The van der Waals surface area contributed by atoms with Gasteiger partial charge in [0.05, 0.1) is 16.9 Å². The molecule has 0 fully saturated rings. The molecule has 0 aliphatic heterocycles. The number of para-hydroxylation sites is 1. The summed E-state index contributed by atoms with van der Waals surface area (Å²) in [6.07, 6.45) is 0. The fraction of sp³-hybridized carbons (Fsp3) is 0.0667. The lowest BCUT2D eigenvalue weighted by Gasteiger charge is -2.11. The van der Waals surface area contributed by atoms with Crippen LogP contribution in [0.1, 0.15) is 15.9 Å². The molecule has 0 heterocycles. The Morgan fingerprint density at radius 2 is 1.81 bits per heavy atom. The molecule has 0 saturated heterocycles. The molecule has 0 saturated carbocycles. The van der Waals surface area contributed by atoms with E-state index in [4.69, 9.17) is 5.26 Å². The normalized spacial score (nSPS) is 9.81. The van der Waals surface area contributed by atoms with Crippen LogP contribution in [0.15, 0.2) is 36.4 Å². The smallest absolute Gasteiger partial charge is 0.257 e. The maximum Gasteiger partial charge on any atom is 0.257 e. The summed E-state index contributed by atoms with van der Waals surface area (Å²) in [4.78, 5) is 12.2. The third-order valence-electron chi connectivity index (χ3n) is 2.88. The molecule has 0 radical (unpaired) electrons. The van der Waals surface area contributed by atoms with E-state index in [9.17, 15) is 13.6 Å². The lowest BCUT2D eigenvalue weighted by atomic mass is 10.1. The van der Waals surface area contributed by atoms with E-state index < -0.39 is 17.5 Å². The fourth-order valence-corrected chi connectivity index (χ4v) is 1.90. The zero-order valence-corrected chi connectivity index (χ0v) is 11.1. The molecule has 0 spiro atoms. The first-order chi connectivity index (χ1) is 10.1. The van der Waals surface area contributed by atoms with Crippen LogP contribution < -0.4 is 10.6 Å². The maximum atomic E-state index is 13.6. The first-order valence-electron chi connectivity index (χ1n) is 6.04. The zero-order valence-electron chi connectivity index (χ0n) is 11.1. The summed E-state index contributed by atoms with van der Waals surface area (Å²) in [5, 5.41) is 13.9. The number of nitriles is 1. The summed E-state index contributed by atoms with van der Waals surface area (Å²) in [6, 6.07) is 9.60. The van der Waals surface area contributed by atoms with E-state index in [1.807, 2.05) is 0 Å². The number of carbonyl (C=O) groups excluding carboxylic acids is 1. The van der Waals surface area contributed by atoms with E-state index in [1.165, 1.54) is 37.4 Å². The van der Waals surface area contributed by atoms with E-state index in [0.717, 1.165) is 6.07 Å². The van der Waals surface area contributed by atoms with Gasteiger partial charge < -0.3 is 10.6 Å². The van der Waals surface area contributed by atoms with E-state index in [2.05, 4.69) is 10.6 Å². The van der Waals surface area contributed by atoms with Crippen molar-refractivity contribution in [2.75, 3.05) is 17.7 Å². The summed E-state index contributed by atoms with van der Waals surface area (Å²) in [5.74, 6) is -1.95. The lowest BCUT2D eigenvalue weighted by Crippen LogP contribution is -2.16. The Hall–Kier alpha value is -2.94. The molecule has 4 nitrogen and oxygen atoms in total. The van der Waals surface area contributed by atoms with Crippen molar-refractivity contribution in [3.63, 3.8) is 0 Å². The summed E-state index contributed by atoms with van der Waals surface area (Å²) in [7, 11) is 1.48. The number of rotatable bonds is 3. The average Bonchev–Trinajstić information content (AvgIpc) is 2.47. The molecular weight excluding hydrogens is 276 g/mol. The molecule has 0 aliphatic carbocycles. The van der Waals surface area contributed by atoms with Crippen LogP contribution in [0.4, 0.5) is 20.2 Å². The molecule has 0 atom stereocenters. The Morgan fingerprint density at radius 3 is 2.48 bits per heavy atom. The van der Waals surface area contributed by atoms with E-state index in [1.54, 1.807) is 6.07 Å². The molecule has 2 rings (SSSR count). The molecular formula is C15H11F2N3O. The molecule has 0 unspecified atom stereocenters. The standard InChI is InChI=1S/C15H11F2N3O/c1-19-14-9(4-2-6-12(14)17)15(21)20-13-7-3-5-11(16)10(13)8-18/h2-7,19H,1H3,(H,20,21). The Bertz CT molecular complexity index is 738. The van der Waals surface area contributed by atoms with Crippen LogP contribution in [0.3, 0.4) is 0 Å². The molecule has 0 bridgehead atoms. The van der Waals surface area contributed by atoms with Crippen molar-refractivity contribution < 1.29 is 13.6 Å². The number of nitrogens with zero attached hydrogens (tertiary/aromatic N) is 1. The number of nitrogens with one attached hydrogen (secondary N) is 2. The van der Waals surface area contributed by atoms with Crippen LogP contribution >= 0.6 is 0 Å². The molecule has 0 aliphatic rings. The summed E-state index contributed by atoms with van der Waals surface area (Å²) >= 11 is 0. The highest BCUT2D eigenvalue weighted by atomic mass is 19.1. The van der Waals surface area contributed by atoms with Gasteiger partial charge in [0.1, 0.15) is 23.3 Å². The van der Waals surface area contributed by atoms with Gasteiger partial charge in [0, 0.05) is 7.05 Å². The van der Waals surface area contributed by atoms with Gasteiger partial charge in [0.25, 0.3) is 5.91 Å². The highest BCUT2D eigenvalue weighted by Gasteiger charge is 2.16. The Labute approximate surface area is 120 Å². The second-order valence-electron chi connectivity index (χ2n) is 4.14. The van der Waals surface area contributed by atoms with Gasteiger partial charge in [-0.15, -0.1) is 0 Å². The largest absolute Gasteiger partial charge is 0.385 e. The van der Waals surface area contributed by atoms with E-state index in [0.29, 0.717) is 0 Å². The van der Waals surface area contributed by atoms with Crippen LogP contribution in [0.2, 0.25) is 0 Å². The van der Waals surface area contributed by atoms with Crippen LogP contribution in [0.25, 0.3) is 0 Å².